The fourth-order valence-corrected chi connectivity index (χ4v) is 3.95. The van der Waals surface area contributed by atoms with E-state index in [0.29, 0.717) is 15.7 Å². The van der Waals surface area contributed by atoms with Crippen LogP contribution in [0, 0.1) is 0 Å². The Morgan fingerprint density at radius 1 is 1.29 bits per heavy atom. The highest BCUT2D eigenvalue weighted by Gasteiger charge is 2.29. The number of rotatable bonds is 1. The average molecular weight is 291 g/mol. The number of hydrogen-bond acceptors (Lipinski definition) is 3. The number of nitrogens with zero attached hydrogens (tertiary/aromatic N) is 1. The van der Waals surface area contributed by atoms with E-state index in [1.165, 1.54) is 0 Å². The van der Waals surface area contributed by atoms with Crippen molar-refractivity contribution in [3.05, 3.63) is 22.2 Å². The molecule has 0 aliphatic carbocycles. The van der Waals surface area contributed by atoms with Crippen molar-refractivity contribution >= 4 is 46.3 Å². The van der Waals surface area contributed by atoms with Gasteiger partial charge in [-0.3, -0.25) is 0 Å². The Morgan fingerprint density at radius 2 is 1.88 bits per heavy atom. The highest BCUT2D eigenvalue weighted by atomic mass is 35.5. The fourth-order valence-electron chi connectivity index (χ4n) is 2.09. The SMILES string of the molecule is CC1(C)CN(c2c(Cl)cc(N)cc2Cl)CCS1. The largest absolute Gasteiger partial charge is 0.399 e. The average Bonchev–Trinajstić information content (AvgIpc) is 2.13. The van der Waals surface area contributed by atoms with E-state index >= 15 is 0 Å². The summed E-state index contributed by atoms with van der Waals surface area (Å²) >= 11 is 14.5. The number of halogens is 2. The molecule has 0 radical (unpaired) electrons. The van der Waals surface area contributed by atoms with E-state index < -0.39 is 0 Å². The van der Waals surface area contributed by atoms with Gasteiger partial charge in [-0.2, -0.15) is 11.8 Å². The number of nitrogen functional groups attached to an aromatic ring is 1. The molecule has 1 aliphatic rings. The summed E-state index contributed by atoms with van der Waals surface area (Å²) in [6.07, 6.45) is 0. The fraction of sp³-hybridized carbons (Fsp3) is 0.500. The van der Waals surface area contributed by atoms with Gasteiger partial charge in [0, 0.05) is 29.3 Å². The van der Waals surface area contributed by atoms with Gasteiger partial charge >= 0.3 is 0 Å². The zero-order valence-corrected chi connectivity index (χ0v) is 12.3. The van der Waals surface area contributed by atoms with Crippen molar-refractivity contribution in [1.29, 1.82) is 0 Å². The van der Waals surface area contributed by atoms with Gasteiger partial charge < -0.3 is 10.6 Å². The van der Waals surface area contributed by atoms with E-state index in [9.17, 15) is 0 Å². The number of nitrogens with two attached hydrogens (primary N) is 1. The maximum Gasteiger partial charge on any atom is 0.0747 e. The van der Waals surface area contributed by atoms with E-state index in [-0.39, 0.29) is 4.75 Å². The van der Waals surface area contributed by atoms with Gasteiger partial charge in [0.05, 0.1) is 15.7 Å². The Kier molecular flexibility index (Phi) is 3.71. The van der Waals surface area contributed by atoms with Crippen LogP contribution in [-0.4, -0.2) is 23.6 Å². The second kappa shape index (κ2) is 4.79. The first kappa shape index (κ1) is 13.2. The van der Waals surface area contributed by atoms with Crippen molar-refractivity contribution in [2.45, 2.75) is 18.6 Å². The molecule has 1 fully saturated rings. The Bertz CT molecular complexity index is 412. The molecule has 2 N–H and O–H groups in total. The highest BCUT2D eigenvalue weighted by Crippen LogP contribution is 2.40. The monoisotopic (exact) mass is 290 g/mol. The lowest BCUT2D eigenvalue weighted by Gasteiger charge is -2.39. The second-order valence-electron chi connectivity index (χ2n) is 4.86. The molecule has 5 heteroatoms. The lowest BCUT2D eigenvalue weighted by Crippen LogP contribution is -2.43. The molecule has 0 unspecified atom stereocenters. The van der Waals surface area contributed by atoms with Crippen LogP contribution in [-0.2, 0) is 0 Å². The number of benzene rings is 1. The molecule has 2 nitrogen and oxygen atoms in total. The van der Waals surface area contributed by atoms with Crippen LogP contribution in [0.3, 0.4) is 0 Å². The Morgan fingerprint density at radius 3 is 2.41 bits per heavy atom. The Balaban J connectivity index is 2.34. The molecule has 94 valence electrons. The zero-order chi connectivity index (χ0) is 12.6. The lowest BCUT2D eigenvalue weighted by molar-refractivity contribution is 0.648. The van der Waals surface area contributed by atoms with Crippen LogP contribution >= 0.6 is 35.0 Å². The first-order chi connectivity index (χ1) is 7.89. The minimum atomic E-state index is 0.228. The minimum Gasteiger partial charge on any atom is -0.399 e. The maximum absolute atomic E-state index is 6.25. The number of hydrogen-bond donors (Lipinski definition) is 1. The molecule has 1 saturated heterocycles. The standard InChI is InChI=1S/C12H16Cl2N2S/c1-12(2)7-16(3-4-17-12)11-9(13)5-8(15)6-10(11)14/h5-6H,3-4,7,15H2,1-2H3. The third-order valence-electron chi connectivity index (χ3n) is 2.78. The van der Waals surface area contributed by atoms with E-state index in [4.69, 9.17) is 28.9 Å². The molecule has 0 atom stereocenters. The molecule has 1 heterocycles. The molecule has 0 saturated carbocycles. The second-order valence-corrected chi connectivity index (χ2v) is 7.48. The van der Waals surface area contributed by atoms with Crippen LogP contribution in [0.25, 0.3) is 0 Å². The summed E-state index contributed by atoms with van der Waals surface area (Å²) in [6.45, 7) is 6.39. The molecule has 0 aromatic heterocycles. The molecule has 0 amide bonds. The molecule has 2 rings (SSSR count). The summed E-state index contributed by atoms with van der Waals surface area (Å²) in [4.78, 5) is 2.25. The van der Waals surface area contributed by atoms with Crippen LogP contribution < -0.4 is 10.6 Å². The number of anilines is 2. The highest BCUT2D eigenvalue weighted by molar-refractivity contribution is 8.00. The van der Waals surface area contributed by atoms with Crippen molar-refractivity contribution in [1.82, 2.24) is 0 Å². The minimum absolute atomic E-state index is 0.228. The first-order valence-electron chi connectivity index (χ1n) is 5.52. The molecular formula is C12H16Cl2N2S. The predicted octanol–water partition coefficient (Wildman–Crippen LogP) is 3.91. The predicted molar refractivity (Wildman–Crippen MR) is 79.6 cm³/mol. The Labute approximate surface area is 116 Å². The van der Waals surface area contributed by atoms with Crippen LogP contribution in [0.5, 0.6) is 0 Å². The van der Waals surface area contributed by atoms with Crippen LogP contribution in [0.4, 0.5) is 11.4 Å². The van der Waals surface area contributed by atoms with Gasteiger partial charge in [0.2, 0.25) is 0 Å². The topological polar surface area (TPSA) is 29.3 Å². The molecule has 0 bridgehead atoms. The first-order valence-corrected chi connectivity index (χ1v) is 7.27. The molecule has 1 aromatic carbocycles. The Hall–Kier alpha value is -0.250. The third kappa shape index (κ3) is 2.95. The smallest absolute Gasteiger partial charge is 0.0747 e. The lowest BCUT2D eigenvalue weighted by atomic mass is 10.1. The number of thioether (sulfide) groups is 1. The molecular weight excluding hydrogens is 275 g/mol. The normalized spacial score (nSPS) is 19.4. The van der Waals surface area contributed by atoms with E-state index in [1.54, 1.807) is 12.1 Å². The van der Waals surface area contributed by atoms with Gasteiger partial charge in [0.15, 0.2) is 0 Å². The third-order valence-corrected chi connectivity index (χ3v) is 4.65. The van der Waals surface area contributed by atoms with E-state index in [1.807, 2.05) is 11.8 Å². The van der Waals surface area contributed by atoms with Gasteiger partial charge in [0.1, 0.15) is 0 Å². The van der Waals surface area contributed by atoms with E-state index in [2.05, 4.69) is 18.7 Å². The summed E-state index contributed by atoms with van der Waals surface area (Å²) in [5.74, 6) is 1.09. The summed E-state index contributed by atoms with van der Waals surface area (Å²) in [5, 5.41) is 1.27. The van der Waals surface area contributed by atoms with Crippen LogP contribution in [0.2, 0.25) is 10.0 Å². The van der Waals surface area contributed by atoms with Crippen molar-refractivity contribution in [3.63, 3.8) is 0 Å². The van der Waals surface area contributed by atoms with E-state index in [0.717, 1.165) is 24.5 Å². The molecule has 1 aliphatic heterocycles. The molecule has 17 heavy (non-hydrogen) atoms. The van der Waals surface area contributed by atoms with Crippen molar-refractivity contribution in [2.24, 2.45) is 0 Å². The molecule has 1 aromatic rings. The molecule has 0 spiro atoms. The zero-order valence-electron chi connectivity index (χ0n) is 9.96. The van der Waals surface area contributed by atoms with Gasteiger partial charge in [-0.25, -0.2) is 0 Å². The quantitative estimate of drug-likeness (QED) is 0.795. The summed E-state index contributed by atoms with van der Waals surface area (Å²) in [6, 6.07) is 3.52. The van der Waals surface area contributed by atoms with Gasteiger partial charge in [-0.1, -0.05) is 23.2 Å². The van der Waals surface area contributed by atoms with Gasteiger partial charge in [-0.05, 0) is 26.0 Å². The van der Waals surface area contributed by atoms with Crippen molar-refractivity contribution in [2.75, 3.05) is 29.5 Å². The summed E-state index contributed by atoms with van der Waals surface area (Å²) < 4.78 is 0.228. The van der Waals surface area contributed by atoms with Crippen molar-refractivity contribution < 1.29 is 0 Å². The van der Waals surface area contributed by atoms with Gasteiger partial charge in [-0.15, -0.1) is 0 Å². The summed E-state index contributed by atoms with van der Waals surface area (Å²) in [5.41, 5.74) is 7.24. The van der Waals surface area contributed by atoms with Crippen molar-refractivity contribution in [3.8, 4) is 0 Å². The maximum atomic E-state index is 6.25. The van der Waals surface area contributed by atoms with Crippen LogP contribution in [0.1, 0.15) is 13.8 Å². The van der Waals surface area contributed by atoms with Crippen LogP contribution in [0.15, 0.2) is 12.1 Å². The summed E-state index contributed by atoms with van der Waals surface area (Å²) in [7, 11) is 0. The van der Waals surface area contributed by atoms with Gasteiger partial charge in [0.25, 0.3) is 0 Å².